The summed E-state index contributed by atoms with van der Waals surface area (Å²) < 4.78 is 1.96. The summed E-state index contributed by atoms with van der Waals surface area (Å²) in [6.07, 6.45) is 0. The van der Waals surface area contributed by atoms with Gasteiger partial charge in [0.2, 0.25) is 5.95 Å². The van der Waals surface area contributed by atoms with Gasteiger partial charge in [-0.05, 0) is 24.3 Å². The minimum Gasteiger partial charge on any atom is -0.506 e. The first kappa shape index (κ1) is 10.7. The molecule has 1 aromatic heterocycles. The van der Waals surface area contributed by atoms with Gasteiger partial charge in [0.25, 0.3) is 0 Å². The second-order valence-corrected chi connectivity index (χ2v) is 4.13. The Morgan fingerprint density at radius 1 is 1.06 bits per heavy atom. The smallest absolute Gasteiger partial charge is 0.208 e. The molecule has 0 aliphatic carbocycles. The van der Waals surface area contributed by atoms with E-state index in [2.05, 4.69) is 10.3 Å². The van der Waals surface area contributed by atoms with E-state index in [1.807, 2.05) is 48.0 Å². The summed E-state index contributed by atoms with van der Waals surface area (Å²) >= 11 is 0. The van der Waals surface area contributed by atoms with Crippen molar-refractivity contribution < 1.29 is 5.11 Å². The van der Waals surface area contributed by atoms with E-state index in [9.17, 15) is 5.11 Å². The molecule has 0 amide bonds. The molecule has 3 rings (SSSR count). The number of aryl methyl sites for hydroxylation is 1. The molecule has 2 aromatic carbocycles. The fourth-order valence-corrected chi connectivity index (χ4v) is 1.96. The minimum absolute atomic E-state index is 0.213. The Morgan fingerprint density at radius 2 is 1.78 bits per heavy atom. The van der Waals surface area contributed by atoms with E-state index >= 15 is 0 Å². The molecule has 0 saturated carbocycles. The van der Waals surface area contributed by atoms with E-state index in [-0.39, 0.29) is 5.75 Å². The van der Waals surface area contributed by atoms with Crippen LogP contribution in [-0.2, 0) is 7.05 Å². The Kier molecular flexibility index (Phi) is 2.41. The summed E-state index contributed by atoms with van der Waals surface area (Å²) in [5.41, 5.74) is 2.63. The number of aromatic nitrogens is 2. The van der Waals surface area contributed by atoms with E-state index in [1.54, 1.807) is 12.1 Å². The lowest BCUT2D eigenvalue weighted by molar-refractivity contribution is 0.477. The number of rotatable bonds is 2. The first-order chi connectivity index (χ1) is 8.75. The molecule has 0 unspecified atom stereocenters. The normalized spacial score (nSPS) is 10.7. The predicted molar refractivity (Wildman–Crippen MR) is 72.1 cm³/mol. The number of nitrogens with zero attached hydrogens (tertiary/aromatic N) is 2. The van der Waals surface area contributed by atoms with Crippen molar-refractivity contribution in [3.8, 4) is 5.75 Å². The number of imidazole rings is 1. The quantitative estimate of drug-likeness (QED) is 0.676. The van der Waals surface area contributed by atoms with Crippen LogP contribution in [0.15, 0.2) is 48.5 Å². The Bertz CT molecular complexity index is 703. The maximum atomic E-state index is 9.74. The summed E-state index contributed by atoms with van der Waals surface area (Å²) in [6.45, 7) is 0. The van der Waals surface area contributed by atoms with E-state index < -0.39 is 0 Å². The fraction of sp³-hybridized carbons (Fsp3) is 0.0714. The van der Waals surface area contributed by atoms with E-state index in [4.69, 9.17) is 0 Å². The third kappa shape index (κ3) is 1.68. The maximum absolute atomic E-state index is 9.74. The third-order valence-corrected chi connectivity index (χ3v) is 2.94. The molecule has 2 N–H and O–H groups in total. The van der Waals surface area contributed by atoms with Crippen molar-refractivity contribution in [2.45, 2.75) is 0 Å². The zero-order valence-corrected chi connectivity index (χ0v) is 9.96. The van der Waals surface area contributed by atoms with Crippen molar-refractivity contribution in [2.75, 3.05) is 5.32 Å². The van der Waals surface area contributed by atoms with Gasteiger partial charge in [-0.15, -0.1) is 0 Å². The molecule has 0 saturated heterocycles. The third-order valence-electron chi connectivity index (χ3n) is 2.94. The van der Waals surface area contributed by atoms with Gasteiger partial charge in [-0.1, -0.05) is 24.3 Å². The van der Waals surface area contributed by atoms with Crippen molar-refractivity contribution in [3.63, 3.8) is 0 Å². The van der Waals surface area contributed by atoms with Crippen LogP contribution in [0.25, 0.3) is 11.0 Å². The standard InChI is InChI=1S/C14H13N3O/c1-17-12-8-4-2-6-10(12)15-14(17)16-11-7-3-5-9-13(11)18/h2-9,18H,1H3,(H,15,16). The number of nitrogens with one attached hydrogen (secondary N) is 1. The van der Waals surface area contributed by atoms with Crippen molar-refractivity contribution in [3.05, 3.63) is 48.5 Å². The molecular formula is C14H13N3O. The summed E-state index contributed by atoms with van der Waals surface area (Å²) in [5, 5.41) is 12.9. The van der Waals surface area contributed by atoms with Crippen LogP contribution in [0, 0.1) is 0 Å². The van der Waals surface area contributed by atoms with Crippen LogP contribution in [0.3, 0.4) is 0 Å². The van der Waals surface area contributed by atoms with Gasteiger partial charge in [0.15, 0.2) is 0 Å². The molecule has 0 fully saturated rings. The molecule has 0 spiro atoms. The molecule has 0 bridgehead atoms. The van der Waals surface area contributed by atoms with Gasteiger partial charge in [0.05, 0.1) is 16.7 Å². The summed E-state index contributed by atoms with van der Waals surface area (Å²) in [4.78, 5) is 4.49. The average molecular weight is 239 g/mol. The Hall–Kier alpha value is -2.49. The molecule has 3 aromatic rings. The predicted octanol–water partition coefficient (Wildman–Crippen LogP) is 3.02. The Balaban J connectivity index is 2.06. The lowest BCUT2D eigenvalue weighted by atomic mass is 10.3. The van der Waals surface area contributed by atoms with Gasteiger partial charge >= 0.3 is 0 Å². The fourth-order valence-electron chi connectivity index (χ4n) is 1.96. The van der Waals surface area contributed by atoms with Crippen molar-refractivity contribution in [1.82, 2.24) is 9.55 Å². The van der Waals surface area contributed by atoms with Gasteiger partial charge in [0.1, 0.15) is 5.75 Å². The Labute approximate surface area is 105 Å². The number of aromatic hydroxyl groups is 1. The lowest BCUT2D eigenvalue weighted by Crippen LogP contribution is -1.98. The molecule has 4 nitrogen and oxygen atoms in total. The number of benzene rings is 2. The van der Waals surface area contributed by atoms with Crippen LogP contribution in [-0.4, -0.2) is 14.7 Å². The minimum atomic E-state index is 0.213. The number of para-hydroxylation sites is 4. The highest BCUT2D eigenvalue weighted by Crippen LogP contribution is 2.27. The first-order valence-electron chi connectivity index (χ1n) is 5.72. The van der Waals surface area contributed by atoms with Crippen LogP contribution in [0.1, 0.15) is 0 Å². The molecule has 0 aliphatic rings. The molecule has 4 heteroatoms. The van der Waals surface area contributed by atoms with Gasteiger partial charge < -0.3 is 15.0 Å². The van der Waals surface area contributed by atoms with Gasteiger partial charge in [0, 0.05) is 7.05 Å². The van der Waals surface area contributed by atoms with Gasteiger partial charge in [-0.25, -0.2) is 4.98 Å². The number of fused-ring (bicyclic) bond motifs is 1. The van der Waals surface area contributed by atoms with Crippen molar-refractivity contribution >= 4 is 22.7 Å². The molecular weight excluding hydrogens is 226 g/mol. The maximum Gasteiger partial charge on any atom is 0.208 e. The lowest BCUT2D eigenvalue weighted by Gasteiger charge is -2.07. The zero-order chi connectivity index (χ0) is 12.5. The second kappa shape index (κ2) is 4.07. The molecule has 18 heavy (non-hydrogen) atoms. The number of anilines is 2. The number of hydrogen-bond donors (Lipinski definition) is 2. The largest absolute Gasteiger partial charge is 0.506 e. The van der Waals surface area contributed by atoms with Crippen LogP contribution in [0.5, 0.6) is 5.75 Å². The molecule has 1 heterocycles. The van der Waals surface area contributed by atoms with Crippen LogP contribution in [0.2, 0.25) is 0 Å². The number of phenolic OH excluding ortho intramolecular Hbond substituents is 1. The highest BCUT2D eigenvalue weighted by atomic mass is 16.3. The summed E-state index contributed by atoms with van der Waals surface area (Å²) in [6, 6.07) is 15.0. The van der Waals surface area contributed by atoms with E-state index in [0.717, 1.165) is 11.0 Å². The van der Waals surface area contributed by atoms with Gasteiger partial charge in [-0.3, -0.25) is 0 Å². The number of phenols is 1. The van der Waals surface area contributed by atoms with E-state index in [0.29, 0.717) is 11.6 Å². The highest BCUT2D eigenvalue weighted by Gasteiger charge is 2.08. The Morgan fingerprint density at radius 3 is 2.56 bits per heavy atom. The van der Waals surface area contributed by atoms with Crippen molar-refractivity contribution in [1.29, 1.82) is 0 Å². The molecule has 0 atom stereocenters. The number of hydrogen-bond acceptors (Lipinski definition) is 3. The average Bonchev–Trinajstić information content (AvgIpc) is 2.70. The molecule has 0 radical (unpaired) electrons. The SMILES string of the molecule is Cn1c(Nc2ccccc2O)nc2ccccc21. The topological polar surface area (TPSA) is 50.1 Å². The van der Waals surface area contributed by atoms with E-state index in [1.165, 1.54) is 0 Å². The van der Waals surface area contributed by atoms with Crippen LogP contribution < -0.4 is 5.32 Å². The summed E-state index contributed by atoms with van der Waals surface area (Å²) in [5.74, 6) is 0.919. The van der Waals surface area contributed by atoms with Crippen molar-refractivity contribution in [2.24, 2.45) is 7.05 Å². The summed E-state index contributed by atoms with van der Waals surface area (Å²) in [7, 11) is 1.94. The van der Waals surface area contributed by atoms with Crippen LogP contribution in [0.4, 0.5) is 11.6 Å². The van der Waals surface area contributed by atoms with Gasteiger partial charge in [-0.2, -0.15) is 0 Å². The molecule has 90 valence electrons. The second-order valence-electron chi connectivity index (χ2n) is 4.13. The zero-order valence-electron chi connectivity index (χ0n) is 9.96. The molecule has 0 aliphatic heterocycles. The first-order valence-corrected chi connectivity index (χ1v) is 5.72. The monoisotopic (exact) mass is 239 g/mol. The highest BCUT2D eigenvalue weighted by molar-refractivity contribution is 5.79. The van der Waals surface area contributed by atoms with Crippen LogP contribution >= 0.6 is 0 Å².